The van der Waals surface area contributed by atoms with Gasteiger partial charge in [0, 0.05) is 23.0 Å². The van der Waals surface area contributed by atoms with Gasteiger partial charge in [0.1, 0.15) is 17.3 Å². The zero-order chi connectivity index (χ0) is 29.5. The second kappa shape index (κ2) is 10.7. The van der Waals surface area contributed by atoms with E-state index in [9.17, 15) is 14.8 Å². The summed E-state index contributed by atoms with van der Waals surface area (Å²) in [6.45, 7) is 15.9. The van der Waals surface area contributed by atoms with E-state index in [-0.39, 0.29) is 45.7 Å². The summed E-state index contributed by atoms with van der Waals surface area (Å²) in [5.74, 6) is -2.69. The Morgan fingerprint density at radius 3 is 2.31 bits per heavy atom. The number of methoxy groups -OCH3 is 1. The molecule has 6 rings (SSSR count). The molecular formula is C33H33MgN4O4-. The summed E-state index contributed by atoms with van der Waals surface area (Å²) in [5, 5.41) is 15.6. The number of ketones is 1. The topological polar surface area (TPSA) is 113 Å². The quantitative estimate of drug-likeness (QED) is 0.220. The van der Waals surface area contributed by atoms with Gasteiger partial charge in [-0.25, -0.2) is 0 Å². The van der Waals surface area contributed by atoms with Crippen molar-refractivity contribution in [3.63, 3.8) is 0 Å². The number of hydrogen-bond acceptors (Lipinski definition) is 4. The first-order valence-corrected chi connectivity index (χ1v) is 14.0. The summed E-state index contributed by atoms with van der Waals surface area (Å²) < 4.78 is 5.08. The molecule has 0 spiro atoms. The summed E-state index contributed by atoms with van der Waals surface area (Å²) in [6, 6.07) is 0. The Labute approximate surface area is 261 Å². The van der Waals surface area contributed by atoms with E-state index in [4.69, 9.17) is 19.7 Å². The summed E-state index contributed by atoms with van der Waals surface area (Å²) >= 11 is 0. The summed E-state index contributed by atoms with van der Waals surface area (Å²) in [4.78, 5) is 41.7. The smallest absolute Gasteiger partial charge is 0.657 e. The number of carbonyl (C=O) groups is 2. The fourth-order valence-electron chi connectivity index (χ4n) is 6.75. The maximum absolute atomic E-state index is 14.2. The van der Waals surface area contributed by atoms with E-state index in [0.29, 0.717) is 45.2 Å². The molecule has 1 saturated heterocycles. The van der Waals surface area contributed by atoms with Crippen LogP contribution in [-0.4, -0.2) is 41.9 Å². The number of aromatic nitrogens is 3. The predicted octanol–water partition coefficient (Wildman–Crippen LogP) is 1.69. The minimum absolute atomic E-state index is 0. The van der Waals surface area contributed by atoms with Crippen LogP contribution in [-0.2, 0) is 16.0 Å². The fraction of sp³-hybridized carbons (Fsp3) is 0.333. The van der Waals surface area contributed by atoms with Crippen molar-refractivity contribution in [2.45, 2.75) is 48.0 Å². The van der Waals surface area contributed by atoms with Crippen molar-refractivity contribution < 1.29 is 19.4 Å². The first-order valence-electron chi connectivity index (χ1n) is 14.0. The molecule has 42 heavy (non-hydrogen) atoms. The second-order valence-corrected chi connectivity index (χ2v) is 11.3. The minimum atomic E-state index is -1.22. The number of nitrogens with zero attached hydrogens (tertiary/aromatic N) is 3. The van der Waals surface area contributed by atoms with Gasteiger partial charge in [0.15, 0.2) is 5.78 Å². The number of hydrogen-bond donors (Lipinski definition) is 1. The molecule has 0 amide bonds. The molecule has 3 aromatic heterocycles. The van der Waals surface area contributed by atoms with Gasteiger partial charge >= 0.3 is 29.0 Å². The van der Waals surface area contributed by atoms with E-state index in [1.54, 1.807) is 6.08 Å². The van der Waals surface area contributed by atoms with Gasteiger partial charge in [0.2, 0.25) is 0 Å². The monoisotopic (exact) mass is 573 g/mol. The Hall–Kier alpha value is -3.37. The van der Waals surface area contributed by atoms with Gasteiger partial charge in [-0.2, -0.15) is 0 Å². The van der Waals surface area contributed by atoms with E-state index in [1.807, 2.05) is 45.9 Å². The molecule has 1 N–H and O–H groups in total. The fourth-order valence-corrected chi connectivity index (χ4v) is 6.75. The molecule has 1 fully saturated rings. The van der Waals surface area contributed by atoms with Crippen molar-refractivity contribution >= 4 is 64.7 Å². The number of quaternary nitrogens is 1. The molecule has 3 aromatic rings. The molecule has 9 heteroatoms. The van der Waals surface area contributed by atoms with E-state index in [2.05, 4.69) is 20.4 Å². The number of Topliss-reactive ketones (excluding diaryl/α,β-unsaturated/α-hetero) is 1. The summed E-state index contributed by atoms with van der Waals surface area (Å²) in [6.07, 6.45) is 8.29. The number of rotatable bonds is 3. The van der Waals surface area contributed by atoms with Crippen molar-refractivity contribution in [1.82, 2.24) is 15.0 Å². The van der Waals surface area contributed by atoms with Crippen LogP contribution in [0.1, 0.15) is 81.7 Å². The summed E-state index contributed by atoms with van der Waals surface area (Å²) in [7, 11) is 1.26. The molecule has 5 heterocycles. The van der Waals surface area contributed by atoms with Crippen LogP contribution < -0.4 is 30.7 Å². The van der Waals surface area contributed by atoms with Crippen molar-refractivity contribution in [3.05, 3.63) is 90.0 Å². The van der Waals surface area contributed by atoms with Gasteiger partial charge in [-0.3, -0.25) is 9.59 Å². The molecule has 1 unspecified atom stereocenters. The number of allylic oxidation sites excluding steroid dienone is 2. The molecule has 0 aromatic carbocycles. The van der Waals surface area contributed by atoms with Crippen LogP contribution in [0.3, 0.4) is 0 Å². The third-order valence-corrected chi connectivity index (χ3v) is 9.30. The molecule has 8 bridgehead atoms. The molecule has 1 aliphatic carbocycles. The zero-order valence-electron chi connectivity index (χ0n) is 25.1. The molecule has 3 aliphatic rings. The normalized spacial score (nSPS) is 27.0. The number of nitrogens with one attached hydrogen (secondary N) is 1. The Kier molecular flexibility index (Phi) is 7.68. The van der Waals surface area contributed by atoms with Crippen molar-refractivity contribution in [2.24, 2.45) is 17.8 Å². The molecule has 0 saturated carbocycles. The van der Waals surface area contributed by atoms with Crippen LogP contribution in [0, 0.1) is 43.7 Å². The standard InChI is InChI=1S/C33H34N4O4.Mg/c1-9-19-16(5)21-11-24-20(10-2)17(6)23(35-24)13-26-14(3)15(4)31(37(26)40)28-29(33(39)41-8)32(38)27-18(7)22(36-30(27)28)12-25(19)34-21;/h10-15,29,37H,2,9H2,1,3-8H3,(H,36,38);/q-2;+2/p-1/b21-11-,25-12-,26-13-,31-28-;/t14-,15-,29+;/m0./s1. The van der Waals surface area contributed by atoms with E-state index in [0.717, 1.165) is 45.1 Å². The SMILES string of the molecule is C=Cc1c2[n-]c(c1C)/C=C1/[C@@H](C)[C@H](C)/C(=C3/c4[n-]c(c(C)c4C(=O)[C@@H]3C(=O)OC)/C=c3\[n-]/c(c(C)c3CC)=C\2)[NH+]1[O-].[Mg+2]. The van der Waals surface area contributed by atoms with Gasteiger partial charge in [-0.1, -0.05) is 67.8 Å². The average molecular weight is 574 g/mol. The van der Waals surface area contributed by atoms with Gasteiger partial charge in [0.25, 0.3) is 0 Å². The molecule has 212 valence electrons. The van der Waals surface area contributed by atoms with Crippen molar-refractivity contribution in [2.75, 3.05) is 7.11 Å². The van der Waals surface area contributed by atoms with Gasteiger partial charge in [-0.05, 0) is 38.8 Å². The van der Waals surface area contributed by atoms with Gasteiger partial charge in [-0.15, -0.1) is 33.5 Å². The van der Waals surface area contributed by atoms with Gasteiger partial charge in [0.05, 0.1) is 7.11 Å². The number of ether oxygens (including phenoxy) is 1. The first-order chi connectivity index (χ1) is 19.5. The minimum Gasteiger partial charge on any atom is -0.657 e. The third kappa shape index (κ3) is 4.09. The van der Waals surface area contributed by atoms with E-state index in [1.165, 1.54) is 7.11 Å². The number of fused-ring (bicyclic) bond motifs is 7. The number of esters is 1. The Morgan fingerprint density at radius 1 is 1.00 bits per heavy atom. The number of hydroxylamine groups is 2. The summed E-state index contributed by atoms with van der Waals surface area (Å²) in [5.41, 5.74) is 8.85. The van der Waals surface area contributed by atoms with Crippen molar-refractivity contribution in [3.8, 4) is 0 Å². The molecule has 8 nitrogen and oxygen atoms in total. The van der Waals surface area contributed by atoms with Crippen LogP contribution in [0.4, 0.5) is 0 Å². The Bertz CT molecular complexity index is 1870. The van der Waals surface area contributed by atoms with Gasteiger partial charge < -0.3 is 30.0 Å². The van der Waals surface area contributed by atoms with Crippen LogP contribution in [0.2, 0.25) is 0 Å². The Balaban J connectivity index is 0.00000353. The van der Waals surface area contributed by atoms with E-state index >= 15 is 0 Å². The number of carbonyl (C=O) groups excluding carboxylic acids is 2. The van der Waals surface area contributed by atoms with Crippen LogP contribution in [0.25, 0.3) is 29.9 Å². The predicted molar refractivity (Wildman–Crippen MR) is 162 cm³/mol. The molecule has 2 aliphatic heterocycles. The first kappa shape index (κ1) is 30.1. The average Bonchev–Trinajstić information content (AvgIpc) is 3.66. The van der Waals surface area contributed by atoms with Crippen molar-refractivity contribution in [1.29, 1.82) is 0 Å². The van der Waals surface area contributed by atoms with Crippen LogP contribution >= 0.6 is 0 Å². The third-order valence-electron chi connectivity index (χ3n) is 9.30. The largest absolute Gasteiger partial charge is 2.00 e. The molecular weight excluding hydrogens is 541 g/mol. The Morgan fingerprint density at radius 2 is 1.67 bits per heavy atom. The molecule has 4 atom stereocenters. The second-order valence-electron chi connectivity index (χ2n) is 11.3. The van der Waals surface area contributed by atoms with Crippen LogP contribution in [0.15, 0.2) is 18.0 Å². The molecule has 0 radical (unpaired) electrons. The van der Waals surface area contributed by atoms with E-state index < -0.39 is 11.9 Å². The van der Waals surface area contributed by atoms with Crippen LogP contribution in [0.5, 0.6) is 0 Å². The maximum atomic E-state index is 14.2. The maximum Gasteiger partial charge on any atom is 2.00 e. The zero-order valence-corrected chi connectivity index (χ0v) is 26.6.